The first-order valence-electron chi connectivity index (χ1n) is 18.0. The monoisotopic (exact) mass is 785 g/mol. The first kappa shape index (κ1) is 35.0. The maximum Gasteiger partial charge on any atom is 0.229 e. The Labute approximate surface area is 312 Å². The van der Waals surface area contributed by atoms with Crippen LogP contribution in [0.25, 0.3) is 22.0 Å². The average Bonchev–Trinajstić information content (AvgIpc) is 3.92. The van der Waals surface area contributed by atoms with Gasteiger partial charge >= 0.3 is 0 Å². The van der Waals surface area contributed by atoms with Crippen molar-refractivity contribution in [3.63, 3.8) is 0 Å². The Bertz CT molecular complexity index is 2150. The van der Waals surface area contributed by atoms with E-state index in [0.29, 0.717) is 33.9 Å². The fourth-order valence-corrected chi connectivity index (χ4v) is 9.33. The molecule has 0 atom stereocenters. The van der Waals surface area contributed by atoms with Crippen molar-refractivity contribution in [2.75, 3.05) is 75.4 Å². The molecule has 12 nitrogen and oxygen atoms in total. The largest absolute Gasteiger partial charge is 0.494 e. The molecular weight excluding hydrogens is 741 g/mol. The van der Waals surface area contributed by atoms with Crippen molar-refractivity contribution < 1.29 is 14.0 Å². The number of piperidine rings is 1. The van der Waals surface area contributed by atoms with Crippen LogP contribution in [-0.4, -0.2) is 95.5 Å². The van der Waals surface area contributed by atoms with Gasteiger partial charge in [-0.05, 0) is 79.2 Å². The van der Waals surface area contributed by atoms with Crippen LogP contribution in [0.3, 0.4) is 0 Å². The number of fused-ring (bicyclic) bond motifs is 1. The van der Waals surface area contributed by atoms with Crippen LogP contribution in [0.5, 0.6) is 5.75 Å². The molecule has 0 bridgehead atoms. The number of aryl methyl sites for hydroxylation is 1. The Morgan fingerprint density at radius 2 is 1.73 bits per heavy atom. The second kappa shape index (κ2) is 14.4. The fourth-order valence-electron chi connectivity index (χ4n) is 7.56. The number of nitrogens with one attached hydrogen (secondary N) is 2. The van der Waals surface area contributed by atoms with Crippen LogP contribution < -0.4 is 25.6 Å². The van der Waals surface area contributed by atoms with E-state index in [2.05, 4.69) is 70.7 Å². The summed E-state index contributed by atoms with van der Waals surface area (Å²) in [5.74, 6) is 2.15. The zero-order valence-electron chi connectivity index (χ0n) is 30.1. The van der Waals surface area contributed by atoms with E-state index >= 15 is 0 Å². The second-order valence-electron chi connectivity index (χ2n) is 14.4. The fraction of sp³-hybridized carbons (Fsp3) is 0.421. The van der Waals surface area contributed by atoms with Gasteiger partial charge < -0.3 is 29.6 Å². The number of benzene rings is 2. The number of hydrogen-bond donors (Lipinski definition) is 2. The molecule has 3 fully saturated rings. The molecule has 5 aromatic rings. The third-order valence-electron chi connectivity index (χ3n) is 10.3. The summed E-state index contributed by atoms with van der Waals surface area (Å²) in [5, 5.41) is 13.0. The molecule has 3 aliphatic rings. The lowest BCUT2D eigenvalue weighted by Crippen LogP contribution is -2.49. The summed E-state index contributed by atoms with van der Waals surface area (Å²) in [5.41, 5.74) is 6.61. The maximum absolute atomic E-state index is 13.8. The van der Waals surface area contributed by atoms with Gasteiger partial charge in [-0.3, -0.25) is 14.6 Å². The lowest BCUT2D eigenvalue weighted by molar-refractivity contribution is 0.0115. The summed E-state index contributed by atoms with van der Waals surface area (Å²) in [6, 6.07) is 12.9. The maximum atomic E-state index is 13.8. The molecule has 2 N–H and O–H groups in total. The molecule has 2 aromatic carbocycles. The van der Waals surface area contributed by atoms with Crippen molar-refractivity contribution in [3.8, 4) is 16.9 Å². The van der Waals surface area contributed by atoms with Gasteiger partial charge in [-0.25, -0.2) is 4.98 Å². The molecule has 0 amide bonds. The minimum atomic E-state index is -2.73. The van der Waals surface area contributed by atoms with Crippen LogP contribution in [0, 0.1) is 0 Å². The standard InChI is InChI=1S/C38H45BrN9O3P/c1-46-23-25(21-41-46)28-19-33(35(50-2)20-34(28)48-13-11-26(12-14-48)47-15-17-51-18-16-47)44-38-40-22-29(39)37(45-38)43-32-10-9-31-27(36(32)52(3,4)49)7-8-30(42-31)24-5-6-24/h7-10,19-24,26H,5-6,11-18H2,1-4H3,(H2,40,43,44,45). The van der Waals surface area contributed by atoms with E-state index in [1.54, 1.807) is 26.6 Å². The highest BCUT2D eigenvalue weighted by molar-refractivity contribution is 9.10. The van der Waals surface area contributed by atoms with E-state index in [4.69, 9.17) is 19.4 Å². The van der Waals surface area contributed by atoms with E-state index in [1.165, 1.54) is 12.8 Å². The van der Waals surface area contributed by atoms with Crippen molar-refractivity contribution in [3.05, 3.63) is 65.2 Å². The summed E-state index contributed by atoms with van der Waals surface area (Å²) in [4.78, 5) is 19.5. The summed E-state index contributed by atoms with van der Waals surface area (Å²) in [6.07, 6.45) is 10.2. The minimum Gasteiger partial charge on any atom is -0.494 e. The number of morpholine rings is 1. The Morgan fingerprint density at radius 3 is 2.42 bits per heavy atom. The Balaban J connectivity index is 1.09. The van der Waals surface area contributed by atoms with Gasteiger partial charge in [0, 0.05) is 96.8 Å². The van der Waals surface area contributed by atoms with Crippen LogP contribution >= 0.6 is 23.1 Å². The molecule has 5 heterocycles. The number of ether oxygens (including phenoxy) is 2. The van der Waals surface area contributed by atoms with Gasteiger partial charge in [0.1, 0.15) is 18.7 Å². The summed E-state index contributed by atoms with van der Waals surface area (Å²) >= 11 is 3.64. The van der Waals surface area contributed by atoms with Crippen LogP contribution in [0.4, 0.5) is 28.8 Å². The molecule has 2 aliphatic heterocycles. The molecule has 1 saturated carbocycles. The number of aromatic nitrogens is 5. The highest BCUT2D eigenvalue weighted by Crippen LogP contribution is 2.45. The number of hydrogen-bond acceptors (Lipinski definition) is 11. The first-order chi connectivity index (χ1) is 25.1. The SMILES string of the molecule is COc1cc(N2CCC(N3CCOCC3)CC2)c(-c2cnn(C)c2)cc1Nc1ncc(Br)c(Nc2ccc3nc(C4CC4)ccc3c2P(C)(C)=O)n1. The normalized spacial score (nSPS) is 17.4. The van der Waals surface area contributed by atoms with E-state index in [0.717, 1.165) is 102 Å². The van der Waals surface area contributed by atoms with Gasteiger partial charge in [-0.1, -0.05) is 6.07 Å². The Kier molecular flexibility index (Phi) is 9.71. The van der Waals surface area contributed by atoms with Crippen molar-refractivity contribution in [2.45, 2.75) is 37.6 Å². The van der Waals surface area contributed by atoms with Crippen LogP contribution in [0.15, 0.2) is 59.5 Å². The van der Waals surface area contributed by atoms with E-state index in [1.807, 2.05) is 36.3 Å². The molecule has 0 spiro atoms. The molecule has 2 saturated heterocycles. The quantitative estimate of drug-likeness (QED) is 0.141. The first-order valence-corrected chi connectivity index (χ1v) is 21.4. The molecule has 52 heavy (non-hydrogen) atoms. The molecule has 1 aliphatic carbocycles. The van der Waals surface area contributed by atoms with E-state index in [9.17, 15) is 4.57 Å². The van der Waals surface area contributed by atoms with Gasteiger partial charge in [0.15, 0.2) is 0 Å². The summed E-state index contributed by atoms with van der Waals surface area (Å²) in [7, 11) is 0.893. The highest BCUT2D eigenvalue weighted by atomic mass is 79.9. The third-order valence-corrected chi connectivity index (χ3v) is 12.5. The van der Waals surface area contributed by atoms with Gasteiger partial charge in [0.05, 0.1) is 47.9 Å². The number of rotatable bonds is 10. The zero-order valence-corrected chi connectivity index (χ0v) is 32.6. The van der Waals surface area contributed by atoms with Gasteiger partial charge in [-0.2, -0.15) is 10.1 Å². The van der Waals surface area contributed by atoms with Gasteiger partial charge in [-0.15, -0.1) is 0 Å². The Morgan fingerprint density at radius 1 is 0.942 bits per heavy atom. The zero-order chi connectivity index (χ0) is 36.0. The third kappa shape index (κ3) is 7.28. The molecular formula is C38H45BrN9O3P. The molecule has 272 valence electrons. The average molecular weight is 787 g/mol. The molecule has 0 radical (unpaired) electrons. The molecule has 3 aromatic heterocycles. The predicted octanol–water partition coefficient (Wildman–Crippen LogP) is 7.11. The number of halogens is 1. The van der Waals surface area contributed by atoms with Gasteiger partial charge in [0.25, 0.3) is 0 Å². The number of methoxy groups -OCH3 is 1. The summed E-state index contributed by atoms with van der Waals surface area (Å²) in [6.45, 7) is 9.15. The highest BCUT2D eigenvalue weighted by Gasteiger charge is 2.29. The topological polar surface area (TPSA) is 123 Å². The van der Waals surface area contributed by atoms with Crippen LogP contribution in [0.1, 0.15) is 37.3 Å². The van der Waals surface area contributed by atoms with Crippen molar-refractivity contribution in [1.29, 1.82) is 0 Å². The van der Waals surface area contributed by atoms with Crippen LogP contribution in [0.2, 0.25) is 0 Å². The van der Waals surface area contributed by atoms with Gasteiger partial charge in [0.2, 0.25) is 5.95 Å². The van der Waals surface area contributed by atoms with Crippen molar-refractivity contribution >= 4 is 68.1 Å². The van der Waals surface area contributed by atoms with E-state index < -0.39 is 7.14 Å². The Hall–Kier alpha value is -4.03. The predicted molar refractivity (Wildman–Crippen MR) is 212 cm³/mol. The lowest BCUT2D eigenvalue weighted by Gasteiger charge is -2.41. The number of pyridine rings is 1. The minimum absolute atomic E-state index is 0.384. The second-order valence-corrected chi connectivity index (χ2v) is 18.4. The lowest BCUT2D eigenvalue weighted by atomic mass is 9.99. The molecule has 0 unspecified atom stereocenters. The van der Waals surface area contributed by atoms with Crippen molar-refractivity contribution in [1.82, 2.24) is 29.6 Å². The number of anilines is 5. The van der Waals surface area contributed by atoms with Crippen LogP contribution in [-0.2, 0) is 16.3 Å². The summed E-state index contributed by atoms with van der Waals surface area (Å²) < 4.78 is 27.8. The number of nitrogens with zero attached hydrogens (tertiary/aromatic N) is 7. The van der Waals surface area contributed by atoms with E-state index in [-0.39, 0.29) is 0 Å². The molecule has 8 rings (SSSR count). The molecule has 14 heteroatoms. The van der Waals surface area contributed by atoms with Crippen molar-refractivity contribution in [2.24, 2.45) is 7.05 Å². The smallest absolute Gasteiger partial charge is 0.229 e.